The maximum absolute atomic E-state index is 11.8. The zero-order chi connectivity index (χ0) is 13.6. The van der Waals surface area contributed by atoms with Gasteiger partial charge in [-0.1, -0.05) is 27.7 Å². The molecule has 0 bridgehead atoms. The molecule has 0 aromatic carbocycles. The van der Waals surface area contributed by atoms with Crippen LogP contribution in [0.1, 0.15) is 34.1 Å². The molecule has 3 N–H and O–H groups in total. The number of hydrogen-bond donors (Lipinski definition) is 2. The number of carbonyl (C=O) groups is 1. The van der Waals surface area contributed by atoms with E-state index >= 15 is 0 Å². The number of carbonyl (C=O) groups excluding carboxylic acids is 1. The highest BCUT2D eigenvalue weighted by Gasteiger charge is 2.22. The topological polar surface area (TPSA) is 58.4 Å². The molecule has 0 aliphatic heterocycles. The van der Waals surface area contributed by atoms with E-state index in [-0.39, 0.29) is 42.2 Å². The van der Waals surface area contributed by atoms with Crippen LogP contribution in [0.2, 0.25) is 0 Å². The number of nitrogens with one attached hydrogen (secondary N) is 1. The highest BCUT2D eigenvalue weighted by molar-refractivity contribution is 5.85. The smallest absolute Gasteiger partial charge is 0.236 e. The first-order valence-corrected chi connectivity index (χ1v) is 6.32. The van der Waals surface area contributed by atoms with E-state index in [0.29, 0.717) is 12.5 Å². The van der Waals surface area contributed by atoms with Crippen molar-refractivity contribution in [2.24, 2.45) is 17.1 Å². The Morgan fingerprint density at radius 2 is 1.74 bits per heavy atom. The third-order valence-electron chi connectivity index (χ3n) is 2.55. The summed E-state index contributed by atoms with van der Waals surface area (Å²) in [5.74, 6) is 0.413. The van der Waals surface area contributed by atoms with Crippen LogP contribution in [0, 0.1) is 11.3 Å². The molecule has 0 radical (unpaired) electrons. The summed E-state index contributed by atoms with van der Waals surface area (Å²) in [6, 6.07) is -0.384. The van der Waals surface area contributed by atoms with Crippen molar-refractivity contribution < 1.29 is 4.79 Å². The van der Waals surface area contributed by atoms with Gasteiger partial charge in [-0.05, 0) is 31.8 Å². The summed E-state index contributed by atoms with van der Waals surface area (Å²) in [4.78, 5) is 13.9. The molecule has 0 aromatic rings. The largest absolute Gasteiger partial charge is 0.354 e. The quantitative estimate of drug-likeness (QED) is 0.754. The van der Waals surface area contributed by atoms with E-state index < -0.39 is 0 Å². The molecule has 1 atom stereocenters. The standard InChI is InChI=1S/C13H29N3O.2ClH/c1-10(2)7-11(14)12(17)15-8-13(3,4)9-16(5)6;;/h10-11H,7-9,14H2,1-6H3,(H,15,17);2*1H/t11-;;/m0../s1. The monoisotopic (exact) mass is 315 g/mol. The lowest BCUT2D eigenvalue weighted by molar-refractivity contribution is -0.123. The molecule has 0 aliphatic rings. The zero-order valence-corrected chi connectivity index (χ0v) is 14.7. The Labute approximate surface area is 130 Å². The Morgan fingerprint density at radius 3 is 2.11 bits per heavy atom. The molecule has 4 nitrogen and oxygen atoms in total. The molecular weight excluding hydrogens is 285 g/mol. The Bertz CT molecular complexity index is 246. The molecule has 19 heavy (non-hydrogen) atoms. The van der Waals surface area contributed by atoms with E-state index in [2.05, 4.69) is 37.9 Å². The summed E-state index contributed by atoms with van der Waals surface area (Å²) < 4.78 is 0. The van der Waals surface area contributed by atoms with Gasteiger partial charge in [0.15, 0.2) is 0 Å². The van der Waals surface area contributed by atoms with Crippen molar-refractivity contribution in [3.8, 4) is 0 Å². The summed E-state index contributed by atoms with van der Waals surface area (Å²) in [6.45, 7) is 10.0. The summed E-state index contributed by atoms with van der Waals surface area (Å²) in [5, 5.41) is 2.94. The first-order chi connectivity index (χ1) is 7.64. The van der Waals surface area contributed by atoms with Crippen LogP contribution in [-0.4, -0.2) is 44.0 Å². The highest BCUT2D eigenvalue weighted by Crippen LogP contribution is 2.14. The second kappa shape index (κ2) is 10.7. The molecule has 0 aromatic heterocycles. The summed E-state index contributed by atoms with van der Waals surface area (Å²) >= 11 is 0. The summed E-state index contributed by atoms with van der Waals surface area (Å²) in [7, 11) is 4.07. The maximum atomic E-state index is 11.8. The normalized spacial score (nSPS) is 12.7. The predicted octanol–water partition coefficient (Wildman–Crippen LogP) is 1.91. The fourth-order valence-corrected chi connectivity index (χ4v) is 1.98. The average molecular weight is 316 g/mol. The molecule has 0 fully saturated rings. The van der Waals surface area contributed by atoms with Gasteiger partial charge in [-0.3, -0.25) is 4.79 Å². The Morgan fingerprint density at radius 1 is 1.26 bits per heavy atom. The Balaban J connectivity index is -0.00000128. The lowest BCUT2D eigenvalue weighted by Crippen LogP contribution is -2.46. The van der Waals surface area contributed by atoms with Crippen LogP contribution in [0.15, 0.2) is 0 Å². The summed E-state index contributed by atoms with van der Waals surface area (Å²) in [5.41, 5.74) is 5.89. The molecule has 0 saturated carbocycles. The molecule has 0 saturated heterocycles. The molecule has 0 heterocycles. The van der Waals surface area contributed by atoms with Crippen molar-refractivity contribution >= 4 is 30.7 Å². The van der Waals surface area contributed by atoms with Gasteiger partial charge in [-0.15, -0.1) is 24.8 Å². The van der Waals surface area contributed by atoms with Gasteiger partial charge in [0.2, 0.25) is 5.91 Å². The lowest BCUT2D eigenvalue weighted by atomic mass is 9.92. The van der Waals surface area contributed by atoms with Gasteiger partial charge in [-0.25, -0.2) is 0 Å². The van der Waals surface area contributed by atoms with E-state index in [0.717, 1.165) is 13.0 Å². The van der Waals surface area contributed by atoms with Crippen molar-refractivity contribution in [2.75, 3.05) is 27.2 Å². The first-order valence-electron chi connectivity index (χ1n) is 6.32. The molecule has 1 amide bonds. The number of halogens is 2. The first kappa shape index (κ1) is 24.0. The Kier molecular flexibility index (Phi) is 13.6. The Hall–Kier alpha value is -0.0300. The molecular formula is C13H31Cl2N3O. The van der Waals surface area contributed by atoms with Crippen LogP contribution < -0.4 is 11.1 Å². The second-order valence-corrected chi connectivity index (χ2v) is 6.36. The zero-order valence-electron chi connectivity index (χ0n) is 13.0. The van der Waals surface area contributed by atoms with E-state index in [1.807, 2.05) is 14.1 Å². The van der Waals surface area contributed by atoms with Crippen molar-refractivity contribution in [3.05, 3.63) is 0 Å². The van der Waals surface area contributed by atoms with Crippen LogP contribution >= 0.6 is 24.8 Å². The van der Waals surface area contributed by atoms with Crippen molar-refractivity contribution in [2.45, 2.75) is 40.2 Å². The molecule has 0 spiro atoms. The fraction of sp³-hybridized carbons (Fsp3) is 0.923. The number of rotatable bonds is 7. The molecule has 0 aliphatic carbocycles. The van der Waals surface area contributed by atoms with E-state index in [4.69, 9.17) is 5.73 Å². The van der Waals surface area contributed by atoms with Gasteiger partial charge in [-0.2, -0.15) is 0 Å². The third-order valence-corrected chi connectivity index (χ3v) is 2.55. The molecule has 0 unspecified atom stereocenters. The highest BCUT2D eigenvalue weighted by atomic mass is 35.5. The lowest BCUT2D eigenvalue weighted by Gasteiger charge is -2.29. The van der Waals surface area contributed by atoms with Crippen LogP contribution in [0.5, 0.6) is 0 Å². The molecule has 6 heteroatoms. The minimum atomic E-state index is -0.384. The second-order valence-electron chi connectivity index (χ2n) is 6.36. The van der Waals surface area contributed by atoms with Crippen molar-refractivity contribution in [1.82, 2.24) is 10.2 Å². The number of hydrogen-bond acceptors (Lipinski definition) is 3. The SMILES string of the molecule is CC(C)C[C@H](N)C(=O)NCC(C)(C)CN(C)C.Cl.Cl. The van der Waals surface area contributed by atoms with Crippen molar-refractivity contribution in [1.29, 1.82) is 0 Å². The third kappa shape index (κ3) is 12.7. The average Bonchev–Trinajstić information content (AvgIpc) is 2.11. The molecule has 0 rings (SSSR count). The van der Waals surface area contributed by atoms with E-state index in [1.165, 1.54) is 0 Å². The number of amides is 1. The minimum absolute atomic E-state index is 0. The van der Waals surface area contributed by atoms with Gasteiger partial charge in [0.05, 0.1) is 6.04 Å². The van der Waals surface area contributed by atoms with Crippen LogP contribution in [0.25, 0.3) is 0 Å². The maximum Gasteiger partial charge on any atom is 0.236 e. The minimum Gasteiger partial charge on any atom is -0.354 e. The number of nitrogens with zero attached hydrogens (tertiary/aromatic N) is 1. The number of nitrogens with two attached hydrogens (primary N) is 1. The van der Waals surface area contributed by atoms with Crippen LogP contribution in [0.3, 0.4) is 0 Å². The molecule has 118 valence electrons. The summed E-state index contributed by atoms with van der Waals surface area (Å²) in [6.07, 6.45) is 0.736. The van der Waals surface area contributed by atoms with E-state index in [1.54, 1.807) is 0 Å². The van der Waals surface area contributed by atoms with Crippen molar-refractivity contribution in [3.63, 3.8) is 0 Å². The fourth-order valence-electron chi connectivity index (χ4n) is 1.98. The van der Waals surface area contributed by atoms with Gasteiger partial charge >= 0.3 is 0 Å². The van der Waals surface area contributed by atoms with E-state index in [9.17, 15) is 4.79 Å². The van der Waals surface area contributed by atoms with Crippen LogP contribution in [0.4, 0.5) is 0 Å². The van der Waals surface area contributed by atoms with Gasteiger partial charge in [0.25, 0.3) is 0 Å². The predicted molar refractivity (Wildman–Crippen MR) is 87.3 cm³/mol. The van der Waals surface area contributed by atoms with Gasteiger partial charge in [0.1, 0.15) is 0 Å². The van der Waals surface area contributed by atoms with Crippen LogP contribution in [-0.2, 0) is 4.79 Å². The van der Waals surface area contributed by atoms with Gasteiger partial charge < -0.3 is 16.0 Å². The van der Waals surface area contributed by atoms with Gasteiger partial charge in [0, 0.05) is 13.1 Å².